The summed E-state index contributed by atoms with van der Waals surface area (Å²) in [4.78, 5) is 22.8. The predicted molar refractivity (Wildman–Crippen MR) is 235 cm³/mol. The second-order valence-electron chi connectivity index (χ2n) is 16.3. The molecule has 0 rings (SSSR count). The number of hydrogen-bond donors (Lipinski definition) is 4. The maximum Gasteiger partial charge on any atom is 0.472 e. The summed E-state index contributed by atoms with van der Waals surface area (Å²) >= 11 is 0. The highest BCUT2D eigenvalue weighted by molar-refractivity contribution is 7.47. The molecule has 8 nitrogen and oxygen atoms in total. The predicted octanol–water partition coefficient (Wildman–Crippen LogP) is 13.6. The summed E-state index contributed by atoms with van der Waals surface area (Å²) < 4.78 is 22.2. The molecule has 0 aliphatic carbocycles. The average Bonchev–Trinajstić information content (AvgIpc) is 3.17. The van der Waals surface area contributed by atoms with E-state index in [0.717, 1.165) is 38.5 Å². The lowest BCUT2D eigenvalue weighted by molar-refractivity contribution is -0.123. The van der Waals surface area contributed by atoms with Crippen molar-refractivity contribution in [2.24, 2.45) is 5.73 Å². The number of unbranched alkanes of at least 4 members (excludes halogenated alkanes) is 31. The zero-order valence-electron chi connectivity index (χ0n) is 36.4. The molecule has 3 unspecified atom stereocenters. The van der Waals surface area contributed by atoms with E-state index in [9.17, 15) is 19.4 Å². The van der Waals surface area contributed by atoms with Gasteiger partial charge in [0.05, 0.1) is 25.4 Å². The SMILES string of the molecule is CCCCCCCC/C=C\CCCCCCCCCC(=O)NC(COP(=O)(O)OCCN)C(O)CCCCCCCCCCCCCCCCCCCCC. The number of aliphatic hydroxyl groups is 1. The molecule has 5 N–H and O–H groups in total. The number of nitrogens with one attached hydrogen (secondary N) is 1. The van der Waals surface area contributed by atoms with Crippen LogP contribution in [0.2, 0.25) is 0 Å². The molecular formula is C46H93N2O6P. The standard InChI is InChI=1S/C46H93N2O6P/c1-3-5-7-9-11-13-15-17-19-21-22-24-25-27-29-31-33-35-37-39-45(49)44(43-54-55(51,52)53-42-41-47)48-46(50)40-38-36-34-32-30-28-26-23-20-18-16-14-12-10-8-6-4-2/h18,20,44-45,49H,3-17,19,21-43,47H2,1-2H3,(H,48,50)(H,51,52)/b20-18-. The minimum Gasteiger partial charge on any atom is -0.391 e. The maximum atomic E-state index is 12.8. The van der Waals surface area contributed by atoms with Crippen molar-refractivity contribution in [2.45, 2.75) is 257 Å². The summed E-state index contributed by atoms with van der Waals surface area (Å²) in [6.45, 7) is 4.23. The Morgan fingerprint density at radius 3 is 1.35 bits per heavy atom. The van der Waals surface area contributed by atoms with Gasteiger partial charge in [-0.1, -0.05) is 212 Å². The van der Waals surface area contributed by atoms with Crippen molar-refractivity contribution in [1.82, 2.24) is 5.32 Å². The molecule has 0 bridgehead atoms. The monoisotopic (exact) mass is 801 g/mol. The third-order valence-electron chi connectivity index (χ3n) is 10.9. The quantitative estimate of drug-likeness (QED) is 0.0274. The van der Waals surface area contributed by atoms with Crippen molar-refractivity contribution in [3.05, 3.63) is 12.2 Å². The molecule has 0 saturated heterocycles. The van der Waals surface area contributed by atoms with E-state index in [1.165, 1.54) is 180 Å². The van der Waals surface area contributed by atoms with Crippen molar-refractivity contribution in [3.8, 4) is 0 Å². The highest BCUT2D eigenvalue weighted by Crippen LogP contribution is 2.43. The minimum atomic E-state index is -4.32. The molecular weight excluding hydrogens is 707 g/mol. The van der Waals surface area contributed by atoms with Crippen LogP contribution >= 0.6 is 7.82 Å². The lowest BCUT2D eigenvalue weighted by atomic mass is 10.0. The molecule has 0 radical (unpaired) electrons. The Morgan fingerprint density at radius 1 is 0.582 bits per heavy atom. The van der Waals surface area contributed by atoms with E-state index >= 15 is 0 Å². The first-order valence-corrected chi connectivity index (χ1v) is 25.3. The van der Waals surface area contributed by atoms with E-state index in [1.54, 1.807) is 0 Å². The van der Waals surface area contributed by atoms with Crippen LogP contribution in [0.1, 0.15) is 245 Å². The molecule has 0 heterocycles. The van der Waals surface area contributed by atoms with Crippen molar-refractivity contribution in [3.63, 3.8) is 0 Å². The summed E-state index contributed by atoms with van der Waals surface area (Å²) in [6, 6.07) is -0.773. The van der Waals surface area contributed by atoms with E-state index in [-0.39, 0.29) is 25.7 Å². The molecule has 0 aromatic heterocycles. The van der Waals surface area contributed by atoms with Crippen LogP contribution in [-0.4, -0.2) is 47.8 Å². The minimum absolute atomic E-state index is 0.0901. The van der Waals surface area contributed by atoms with Gasteiger partial charge in [0.1, 0.15) is 0 Å². The van der Waals surface area contributed by atoms with Gasteiger partial charge in [-0.15, -0.1) is 0 Å². The molecule has 0 aromatic carbocycles. The second kappa shape index (κ2) is 42.8. The summed E-state index contributed by atoms with van der Waals surface area (Å²) in [7, 11) is -4.32. The van der Waals surface area contributed by atoms with Gasteiger partial charge in [-0.05, 0) is 38.5 Å². The fourth-order valence-electron chi connectivity index (χ4n) is 7.25. The number of carbonyl (C=O) groups excluding carboxylic acids is 1. The Morgan fingerprint density at radius 2 is 0.945 bits per heavy atom. The number of amides is 1. The maximum absolute atomic E-state index is 12.8. The van der Waals surface area contributed by atoms with Crippen molar-refractivity contribution in [2.75, 3.05) is 19.8 Å². The van der Waals surface area contributed by atoms with E-state index in [0.29, 0.717) is 12.8 Å². The normalized spacial score (nSPS) is 14.1. The molecule has 0 fully saturated rings. The lowest BCUT2D eigenvalue weighted by Gasteiger charge is -2.25. The molecule has 0 saturated carbocycles. The largest absolute Gasteiger partial charge is 0.472 e. The van der Waals surface area contributed by atoms with Crippen LogP contribution in [0.4, 0.5) is 0 Å². The van der Waals surface area contributed by atoms with Crippen LogP contribution in [0.25, 0.3) is 0 Å². The topological polar surface area (TPSA) is 131 Å². The smallest absolute Gasteiger partial charge is 0.391 e. The van der Waals surface area contributed by atoms with Gasteiger partial charge in [0.2, 0.25) is 5.91 Å². The molecule has 1 amide bonds. The van der Waals surface area contributed by atoms with Gasteiger partial charge in [-0.3, -0.25) is 13.8 Å². The first-order valence-electron chi connectivity index (χ1n) is 23.8. The summed E-state index contributed by atoms with van der Waals surface area (Å²) in [6.07, 6.45) is 47.9. The van der Waals surface area contributed by atoms with Crippen molar-refractivity contribution >= 4 is 13.7 Å². The summed E-state index contributed by atoms with van der Waals surface area (Å²) in [5.41, 5.74) is 5.39. The van der Waals surface area contributed by atoms with Crippen LogP contribution in [0.5, 0.6) is 0 Å². The van der Waals surface area contributed by atoms with Gasteiger partial charge in [-0.25, -0.2) is 4.57 Å². The van der Waals surface area contributed by atoms with Crippen LogP contribution in [0.15, 0.2) is 12.2 Å². The fourth-order valence-corrected chi connectivity index (χ4v) is 8.01. The highest BCUT2D eigenvalue weighted by atomic mass is 31.2. The number of phosphoric ester groups is 1. The molecule has 0 aliphatic heterocycles. The zero-order valence-corrected chi connectivity index (χ0v) is 37.3. The fraction of sp³-hybridized carbons (Fsp3) is 0.935. The number of carbonyl (C=O) groups is 1. The first kappa shape index (κ1) is 54.2. The Balaban J connectivity index is 4.09. The molecule has 55 heavy (non-hydrogen) atoms. The number of hydrogen-bond acceptors (Lipinski definition) is 6. The Labute approximate surface area is 341 Å². The third kappa shape index (κ3) is 41.2. The molecule has 3 atom stereocenters. The Hall–Kier alpha value is -0.760. The number of phosphoric acid groups is 1. The summed E-state index contributed by atoms with van der Waals surface area (Å²) in [5, 5.41) is 13.8. The van der Waals surface area contributed by atoms with E-state index in [4.69, 9.17) is 14.8 Å². The van der Waals surface area contributed by atoms with Gasteiger partial charge in [0, 0.05) is 13.0 Å². The van der Waals surface area contributed by atoms with Gasteiger partial charge >= 0.3 is 7.82 Å². The average molecular weight is 801 g/mol. The van der Waals surface area contributed by atoms with Gasteiger partial charge in [-0.2, -0.15) is 0 Å². The second-order valence-corrected chi connectivity index (χ2v) is 17.8. The molecule has 0 aliphatic rings. The summed E-state index contributed by atoms with van der Waals surface area (Å²) in [5.74, 6) is -0.163. The van der Waals surface area contributed by atoms with Crippen molar-refractivity contribution in [1.29, 1.82) is 0 Å². The molecule has 9 heteroatoms. The van der Waals surface area contributed by atoms with Crippen LogP contribution in [0.3, 0.4) is 0 Å². The molecule has 328 valence electrons. The van der Waals surface area contributed by atoms with E-state index in [2.05, 4.69) is 31.3 Å². The van der Waals surface area contributed by atoms with Crippen LogP contribution < -0.4 is 11.1 Å². The lowest BCUT2D eigenvalue weighted by Crippen LogP contribution is -2.46. The third-order valence-corrected chi connectivity index (χ3v) is 11.9. The number of nitrogens with two attached hydrogens (primary N) is 1. The van der Waals surface area contributed by atoms with E-state index in [1.807, 2.05) is 0 Å². The van der Waals surface area contributed by atoms with E-state index < -0.39 is 20.0 Å². The number of aliphatic hydroxyl groups excluding tert-OH is 1. The highest BCUT2D eigenvalue weighted by Gasteiger charge is 2.27. The Bertz CT molecular complexity index is 875. The number of allylic oxidation sites excluding steroid dienone is 2. The van der Waals surface area contributed by atoms with Crippen molar-refractivity contribution < 1.29 is 28.4 Å². The van der Waals surface area contributed by atoms with Crippen LogP contribution in [0, 0.1) is 0 Å². The van der Waals surface area contributed by atoms with Gasteiger partial charge < -0.3 is 21.1 Å². The zero-order chi connectivity index (χ0) is 40.3. The van der Waals surface area contributed by atoms with Gasteiger partial charge in [0.15, 0.2) is 0 Å². The Kier molecular flexibility index (Phi) is 42.2. The molecule has 0 spiro atoms. The van der Waals surface area contributed by atoms with Gasteiger partial charge in [0.25, 0.3) is 0 Å². The number of rotatable bonds is 45. The molecule has 0 aromatic rings. The first-order chi connectivity index (χ1) is 26.9. The van der Waals surface area contributed by atoms with Crippen LogP contribution in [-0.2, 0) is 18.4 Å².